The van der Waals surface area contributed by atoms with Gasteiger partial charge in [-0.25, -0.2) is 4.39 Å². The van der Waals surface area contributed by atoms with Crippen molar-refractivity contribution in [3.63, 3.8) is 0 Å². The predicted molar refractivity (Wildman–Crippen MR) is 61.1 cm³/mol. The van der Waals surface area contributed by atoms with Crippen molar-refractivity contribution in [2.24, 2.45) is 0 Å². The van der Waals surface area contributed by atoms with E-state index in [0.717, 1.165) is 38.3 Å². The van der Waals surface area contributed by atoms with Gasteiger partial charge in [0, 0.05) is 25.3 Å². The second-order valence-corrected chi connectivity index (χ2v) is 4.10. The molecule has 1 fully saturated rings. The average Bonchev–Trinajstić information content (AvgIpc) is 2.50. The molecule has 0 atom stereocenters. The number of halogens is 2. The summed E-state index contributed by atoms with van der Waals surface area (Å²) in [5, 5.41) is 3.52. The van der Waals surface area contributed by atoms with Crippen LogP contribution in [0, 0.1) is 5.82 Å². The Balaban J connectivity index is 2.16. The molecule has 2 nitrogen and oxygen atoms in total. The first-order valence-corrected chi connectivity index (χ1v) is 5.56. The molecule has 4 heteroatoms. The molecule has 0 amide bonds. The molecule has 15 heavy (non-hydrogen) atoms. The first kappa shape index (κ1) is 10.7. The summed E-state index contributed by atoms with van der Waals surface area (Å²) in [6.07, 6.45) is 1.11. The number of rotatable bonds is 1. The molecule has 1 aliphatic heterocycles. The van der Waals surface area contributed by atoms with Crippen LogP contribution < -0.4 is 10.2 Å². The molecule has 1 heterocycles. The highest BCUT2D eigenvalue weighted by Crippen LogP contribution is 2.22. The number of benzene rings is 1. The molecule has 0 radical (unpaired) electrons. The topological polar surface area (TPSA) is 15.3 Å². The molecule has 0 spiro atoms. The van der Waals surface area contributed by atoms with Crippen molar-refractivity contribution >= 4 is 17.3 Å². The van der Waals surface area contributed by atoms with Crippen LogP contribution in [0.4, 0.5) is 10.1 Å². The number of anilines is 1. The fraction of sp³-hybridized carbons (Fsp3) is 0.455. The van der Waals surface area contributed by atoms with E-state index in [1.165, 1.54) is 6.07 Å². The summed E-state index contributed by atoms with van der Waals surface area (Å²) in [5.74, 6) is -0.353. The van der Waals surface area contributed by atoms with E-state index in [1.54, 1.807) is 12.1 Å². The van der Waals surface area contributed by atoms with E-state index in [2.05, 4.69) is 10.2 Å². The molecule has 0 aromatic heterocycles. The first-order valence-electron chi connectivity index (χ1n) is 5.18. The number of hydrogen-bond donors (Lipinski definition) is 1. The van der Waals surface area contributed by atoms with Gasteiger partial charge in [0.05, 0.1) is 5.02 Å². The zero-order valence-corrected chi connectivity index (χ0v) is 9.23. The van der Waals surface area contributed by atoms with Gasteiger partial charge in [0.15, 0.2) is 0 Å². The van der Waals surface area contributed by atoms with Crippen LogP contribution in [0.2, 0.25) is 5.02 Å². The molecule has 0 bridgehead atoms. The Morgan fingerprint density at radius 3 is 2.93 bits per heavy atom. The first-order chi connectivity index (χ1) is 7.27. The van der Waals surface area contributed by atoms with Gasteiger partial charge in [-0.05, 0) is 31.2 Å². The number of hydrogen-bond acceptors (Lipinski definition) is 2. The van der Waals surface area contributed by atoms with Crippen molar-refractivity contribution in [3.05, 3.63) is 29.0 Å². The van der Waals surface area contributed by atoms with Crippen LogP contribution in [-0.4, -0.2) is 26.2 Å². The molecule has 1 aromatic carbocycles. The zero-order chi connectivity index (χ0) is 10.7. The molecular formula is C11H14ClFN2. The Morgan fingerprint density at radius 2 is 2.13 bits per heavy atom. The summed E-state index contributed by atoms with van der Waals surface area (Å²) < 4.78 is 13.0. The third kappa shape index (κ3) is 2.61. The highest BCUT2D eigenvalue weighted by Gasteiger charge is 2.10. The van der Waals surface area contributed by atoms with Gasteiger partial charge in [-0.2, -0.15) is 0 Å². The van der Waals surface area contributed by atoms with Crippen LogP contribution in [0.25, 0.3) is 0 Å². The van der Waals surface area contributed by atoms with E-state index in [9.17, 15) is 4.39 Å². The number of nitrogens with zero attached hydrogens (tertiary/aromatic N) is 1. The lowest BCUT2D eigenvalue weighted by atomic mass is 10.2. The molecule has 1 saturated heterocycles. The molecule has 82 valence electrons. The lowest BCUT2D eigenvalue weighted by molar-refractivity contribution is 0.628. The van der Waals surface area contributed by atoms with Gasteiger partial charge in [0.25, 0.3) is 0 Å². The van der Waals surface area contributed by atoms with Gasteiger partial charge in [-0.3, -0.25) is 0 Å². The minimum Gasteiger partial charge on any atom is -0.370 e. The molecule has 1 aliphatic rings. The van der Waals surface area contributed by atoms with Crippen LogP contribution in [0.5, 0.6) is 0 Å². The Morgan fingerprint density at radius 1 is 1.27 bits per heavy atom. The molecule has 0 unspecified atom stereocenters. The molecule has 0 aliphatic carbocycles. The van der Waals surface area contributed by atoms with E-state index in [4.69, 9.17) is 11.6 Å². The van der Waals surface area contributed by atoms with Gasteiger partial charge in [-0.1, -0.05) is 11.6 Å². The van der Waals surface area contributed by atoms with Crippen molar-refractivity contribution < 1.29 is 4.39 Å². The molecule has 1 N–H and O–H groups in total. The quantitative estimate of drug-likeness (QED) is 0.794. The van der Waals surface area contributed by atoms with E-state index in [-0.39, 0.29) is 10.8 Å². The van der Waals surface area contributed by atoms with E-state index < -0.39 is 0 Å². The Bertz CT molecular complexity index is 335. The second-order valence-electron chi connectivity index (χ2n) is 3.69. The summed E-state index contributed by atoms with van der Waals surface area (Å²) in [6, 6.07) is 4.91. The van der Waals surface area contributed by atoms with Gasteiger partial charge in [0.1, 0.15) is 5.82 Å². The smallest absolute Gasteiger partial charge is 0.141 e. The van der Waals surface area contributed by atoms with E-state index >= 15 is 0 Å². The van der Waals surface area contributed by atoms with Gasteiger partial charge >= 0.3 is 0 Å². The van der Waals surface area contributed by atoms with Gasteiger partial charge < -0.3 is 10.2 Å². The largest absolute Gasteiger partial charge is 0.370 e. The SMILES string of the molecule is Fc1ccc(N2CCCNCC2)cc1Cl. The minimum atomic E-state index is -0.353. The van der Waals surface area contributed by atoms with Crippen LogP contribution in [0.3, 0.4) is 0 Å². The molecule has 0 saturated carbocycles. The Kier molecular flexibility index (Phi) is 3.44. The maximum atomic E-state index is 13.0. The highest BCUT2D eigenvalue weighted by molar-refractivity contribution is 6.31. The fourth-order valence-electron chi connectivity index (χ4n) is 1.79. The summed E-state index contributed by atoms with van der Waals surface area (Å²) in [4.78, 5) is 2.23. The molecule has 2 rings (SSSR count). The van der Waals surface area contributed by atoms with E-state index in [0.29, 0.717) is 0 Å². The third-order valence-corrected chi connectivity index (χ3v) is 2.90. The summed E-state index contributed by atoms with van der Waals surface area (Å²) >= 11 is 5.76. The van der Waals surface area contributed by atoms with E-state index in [1.807, 2.05) is 0 Å². The van der Waals surface area contributed by atoms with Crippen molar-refractivity contribution in [2.75, 3.05) is 31.1 Å². The number of nitrogens with one attached hydrogen (secondary N) is 1. The lowest BCUT2D eigenvalue weighted by Gasteiger charge is -2.22. The summed E-state index contributed by atoms with van der Waals surface area (Å²) in [5.41, 5.74) is 1.00. The van der Waals surface area contributed by atoms with Crippen LogP contribution >= 0.6 is 11.6 Å². The highest BCUT2D eigenvalue weighted by atomic mass is 35.5. The summed E-state index contributed by atoms with van der Waals surface area (Å²) in [6.45, 7) is 3.96. The average molecular weight is 229 g/mol. The third-order valence-electron chi connectivity index (χ3n) is 2.61. The minimum absolute atomic E-state index is 0.199. The second kappa shape index (κ2) is 4.81. The van der Waals surface area contributed by atoms with Crippen molar-refractivity contribution in [3.8, 4) is 0 Å². The monoisotopic (exact) mass is 228 g/mol. The fourth-order valence-corrected chi connectivity index (χ4v) is 1.96. The maximum absolute atomic E-state index is 13.0. The standard InChI is InChI=1S/C11H14ClFN2/c12-10-8-9(2-3-11(10)13)15-6-1-4-14-5-7-15/h2-3,8,14H,1,4-7H2. The van der Waals surface area contributed by atoms with Gasteiger partial charge in [-0.15, -0.1) is 0 Å². The van der Waals surface area contributed by atoms with Crippen molar-refractivity contribution in [1.82, 2.24) is 5.32 Å². The van der Waals surface area contributed by atoms with Crippen molar-refractivity contribution in [2.45, 2.75) is 6.42 Å². The summed E-state index contributed by atoms with van der Waals surface area (Å²) in [7, 11) is 0. The zero-order valence-electron chi connectivity index (χ0n) is 8.47. The predicted octanol–water partition coefficient (Wildman–Crippen LogP) is 2.28. The normalized spacial score (nSPS) is 17.6. The van der Waals surface area contributed by atoms with Crippen LogP contribution in [-0.2, 0) is 0 Å². The maximum Gasteiger partial charge on any atom is 0.141 e. The van der Waals surface area contributed by atoms with Crippen LogP contribution in [0.1, 0.15) is 6.42 Å². The Hall–Kier alpha value is -0.800. The van der Waals surface area contributed by atoms with Crippen LogP contribution in [0.15, 0.2) is 18.2 Å². The van der Waals surface area contributed by atoms with Gasteiger partial charge in [0.2, 0.25) is 0 Å². The Labute approximate surface area is 94.0 Å². The van der Waals surface area contributed by atoms with Crippen molar-refractivity contribution in [1.29, 1.82) is 0 Å². The molecule has 1 aromatic rings. The lowest BCUT2D eigenvalue weighted by Crippen LogP contribution is -2.27. The molecular weight excluding hydrogens is 215 g/mol.